The zero-order valence-corrected chi connectivity index (χ0v) is 14.8. The SMILES string of the molecule is CC(C)c1noc(CN2CCN(c3cc(N(C)C)ncn3)CC2)n1. The topological polar surface area (TPSA) is 74.4 Å². The molecule has 0 bridgehead atoms. The minimum Gasteiger partial charge on any atom is -0.363 e. The standard InChI is InChI=1S/C16H25N7O/c1-12(2)16-19-15(24-20-16)10-22-5-7-23(8-6-22)14-9-13(21(3)4)17-11-18-14/h9,11-12H,5-8,10H2,1-4H3. The second-order valence-corrected chi connectivity index (χ2v) is 6.59. The summed E-state index contributed by atoms with van der Waals surface area (Å²) in [5.74, 6) is 3.68. The van der Waals surface area contributed by atoms with Crippen LogP contribution in [-0.4, -0.2) is 65.3 Å². The largest absolute Gasteiger partial charge is 0.363 e. The molecule has 1 aliphatic rings. The fraction of sp³-hybridized carbons (Fsp3) is 0.625. The maximum atomic E-state index is 5.34. The van der Waals surface area contributed by atoms with Gasteiger partial charge in [-0.1, -0.05) is 19.0 Å². The molecule has 8 heteroatoms. The maximum absolute atomic E-state index is 5.34. The van der Waals surface area contributed by atoms with Crippen molar-refractivity contribution in [2.45, 2.75) is 26.3 Å². The smallest absolute Gasteiger partial charge is 0.240 e. The van der Waals surface area contributed by atoms with Crippen molar-refractivity contribution >= 4 is 11.6 Å². The lowest BCUT2D eigenvalue weighted by Gasteiger charge is -2.34. The molecule has 2 aromatic rings. The van der Waals surface area contributed by atoms with E-state index in [0.717, 1.165) is 43.6 Å². The second-order valence-electron chi connectivity index (χ2n) is 6.59. The summed E-state index contributed by atoms with van der Waals surface area (Å²) in [6, 6.07) is 2.03. The van der Waals surface area contributed by atoms with Crippen molar-refractivity contribution in [3.63, 3.8) is 0 Å². The minimum atomic E-state index is 0.294. The van der Waals surface area contributed by atoms with E-state index in [2.05, 4.69) is 43.8 Å². The lowest BCUT2D eigenvalue weighted by molar-refractivity contribution is 0.215. The molecule has 3 heterocycles. The molecule has 130 valence electrons. The summed E-state index contributed by atoms with van der Waals surface area (Å²) in [6.45, 7) is 8.58. The molecule has 0 radical (unpaired) electrons. The van der Waals surface area contributed by atoms with Gasteiger partial charge in [0.15, 0.2) is 5.82 Å². The quantitative estimate of drug-likeness (QED) is 0.813. The van der Waals surface area contributed by atoms with Crippen LogP contribution in [0.4, 0.5) is 11.6 Å². The van der Waals surface area contributed by atoms with Crippen LogP contribution >= 0.6 is 0 Å². The molecule has 2 aromatic heterocycles. The Morgan fingerprint density at radius 2 is 1.92 bits per heavy atom. The fourth-order valence-electron chi connectivity index (χ4n) is 2.65. The summed E-state index contributed by atoms with van der Waals surface area (Å²) in [5, 5.41) is 4.03. The molecule has 0 saturated carbocycles. The highest BCUT2D eigenvalue weighted by atomic mass is 16.5. The third-order valence-electron chi connectivity index (χ3n) is 4.15. The minimum absolute atomic E-state index is 0.294. The lowest BCUT2D eigenvalue weighted by atomic mass is 10.2. The Morgan fingerprint density at radius 1 is 1.17 bits per heavy atom. The Bertz CT molecular complexity index is 662. The highest BCUT2D eigenvalue weighted by molar-refractivity contribution is 5.49. The number of nitrogens with zero attached hydrogens (tertiary/aromatic N) is 7. The van der Waals surface area contributed by atoms with Crippen LogP contribution in [0.2, 0.25) is 0 Å². The highest BCUT2D eigenvalue weighted by Gasteiger charge is 2.21. The van der Waals surface area contributed by atoms with Gasteiger partial charge in [0.05, 0.1) is 6.54 Å². The van der Waals surface area contributed by atoms with Gasteiger partial charge in [-0.05, 0) is 0 Å². The Morgan fingerprint density at radius 3 is 2.54 bits per heavy atom. The number of piperazine rings is 1. The van der Waals surface area contributed by atoms with Gasteiger partial charge in [-0.25, -0.2) is 9.97 Å². The molecule has 1 aliphatic heterocycles. The molecule has 24 heavy (non-hydrogen) atoms. The van der Waals surface area contributed by atoms with Gasteiger partial charge in [0.1, 0.15) is 18.0 Å². The van der Waals surface area contributed by atoms with Gasteiger partial charge in [-0.2, -0.15) is 4.98 Å². The first-order valence-electron chi connectivity index (χ1n) is 8.32. The molecule has 0 amide bonds. The maximum Gasteiger partial charge on any atom is 0.240 e. The van der Waals surface area contributed by atoms with Gasteiger partial charge in [0.25, 0.3) is 0 Å². The Balaban J connectivity index is 1.56. The van der Waals surface area contributed by atoms with E-state index in [1.807, 2.05) is 25.1 Å². The third kappa shape index (κ3) is 3.81. The van der Waals surface area contributed by atoms with Crippen molar-refractivity contribution in [1.82, 2.24) is 25.0 Å². The van der Waals surface area contributed by atoms with E-state index < -0.39 is 0 Å². The normalized spacial score (nSPS) is 16.0. The number of aromatic nitrogens is 4. The van der Waals surface area contributed by atoms with Crippen LogP contribution in [0.25, 0.3) is 0 Å². The molecule has 0 spiro atoms. The van der Waals surface area contributed by atoms with Gasteiger partial charge in [0, 0.05) is 52.3 Å². The first kappa shape index (κ1) is 16.6. The average Bonchev–Trinajstić information content (AvgIpc) is 3.04. The summed E-state index contributed by atoms with van der Waals surface area (Å²) < 4.78 is 5.34. The van der Waals surface area contributed by atoms with E-state index in [1.165, 1.54) is 0 Å². The van der Waals surface area contributed by atoms with Gasteiger partial charge in [0.2, 0.25) is 5.89 Å². The van der Waals surface area contributed by atoms with E-state index in [4.69, 9.17) is 4.52 Å². The first-order valence-corrected chi connectivity index (χ1v) is 8.32. The molecule has 0 aliphatic carbocycles. The Labute approximate surface area is 142 Å². The van der Waals surface area contributed by atoms with E-state index in [0.29, 0.717) is 18.4 Å². The fourth-order valence-corrected chi connectivity index (χ4v) is 2.65. The third-order valence-corrected chi connectivity index (χ3v) is 4.15. The first-order chi connectivity index (χ1) is 11.5. The van der Waals surface area contributed by atoms with E-state index in [1.54, 1.807) is 6.33 Å². The van der Waals surface area contributed by atoms with Gasteiger partial charge >= 0.3 is 0 Å². The number of hydrogen-bond donors (Lipinski definition) is 0. The summed E-state index contributed by atoms with van der Waals surface area (Å²) >= 11 is 0. The Kier molecular flexibility index (Phi) is 4.94. The molecule has 1 saturated heterocycles. The van der Waals surface area contributed by atoms with Crippen LogP contribution in [0.15, 0.2) is 16.9 Å². The van der Waals surface area contributed by atoms with Crippen molar-refractivity contribution in [2.75, 3.05) is 50.1 Å². The molecule has 0 aromatic carbocycles. The summed E-state index contributed by atoms with van der Waals surface area (Å²) in [6.07, 6.45) is 1.63. The predicted octanol–water partition coefficient (Wildman–Crippen LogP) is 1.37. The number of hydrogen-bond acceptors (Lipinski definition) is 8. The van der Waals surface area contributed by atoms with E-state index in [9.17, 15) is 0 Å². The Hall–Kier alpha value is -2.22. The molecular weight excluding hydrogens is 306 g/mol. The van der Waals surface area contributed by atoms with Gasteiger partial charge in [-0.3, -0.25) is 4.90 Å². The number of anilines is 2. The monoisotopic (exact) mass is 331 g/mol. The van der Waals surface area contributed by atoms with Crippen LogP contribution < -0.4 is 9.80 Å². The molecule has 3 rings (SSSR count). The zero-order chi connectivity index (χ0) is 17.1. The molecule has 8 nitrogen and oxygen atoms in total. The summed E-state index contributed by atoms with van der Waals surface area (Å²) in [4.78, 5) is 19.7. The lowest BCUT2D eigenvalue weighted by Crippen LogP contribution is -2.46. The van der Waals surface area contributed by atoms with Crippen molar-refractivity contribution in [2.24, 2.45) is 0 Å². The van der Waals surface area contributed by atoms with Crippen molar-refractivity contribution in [3.05, 3.63) is 24.1 Å². The highest BCUT2D eigenvalue weighted by Crippen LogP contribution is 2.18. The van der Waals surface area contributed by atoms with Crippen LogP contribution in [0.3, 0.4) is 0 Å². The molecule has 0 N–H and O–H groups in total. The van der Waals surface area contributed by atoms with Gasteiger partial charge in [-0.15, -0.1) is 0 Å². The van der Waals surface area contributed by atoms with Crippen LogP contribution in [0, 0.1) is 0 Å². The van der Waals surface area contributed by atoms with Crippen LogP contribution in [0.1, 0.15) is 31.5 Å². The van der Waals surface area contributed by atoms with E-state index >= 15 is 0 Å². The van der Waals surface area contributed by atoms with Crippen LogP contribution in [-0.2, 0) is 6.54 Å². The zero-order valence-electron chi connectivity index (χ0n) is 14.8. The molecule has 0 atom stereocenters. The molecular formula is C16H25N7O. The van der Waals surface area contributed by atoms with E-state index in [-0.39, 0.29) is 0 Å². The summed E-state index contributed by atoms with van der Waals surface area (Å²) in [5.41, 5.74) is 0. The molecule has 1 fully saturated rings. The van der Waals surface area contributed by atoms with Gasteiger partial charge < -0.3 is 14.3 Å². The van der Waals surface area contributed by atoms with Crippen molar-refractivity contribution in [1.29, 1.82) is 0 Å². The van der Waals surface area contributed by atoms with Crippen molar-refractivity contribution in [3.8, 4) is 0 Å². The summed E-state index contributed by atoms with van der Waals surface area (Å²) in [7, 11) is 3.97. The molecule has 0 unspecified atom stereocenters. The van der Waals surface area contributed by atoms with Crippen LogP contribution in [0.5, 0.6) is 0 Å². The number of rotatable bonds is 5. The predicted molar refractivity (Wildman–Crippen MR) is 92.2 cm³/mol. The average molecular weight is 331 g/mol. The second kappa shape index (κ2) is 7.12. The van der Waals surface area contributed by atoms with Crippen molar-refractivity contribution < 1.29 is 4.52 Å².